The predicted octanol–water partition coefficient (Wildman–Crippen LogP) is 6.52. The smallest absolute Gasteiger partial charge is 0.261 e. The molecule has 3 N–H and O–H groups in total. The largest absolute Gasteiger partial charge is 0.493 e. The lowest BCUT2D eigenvalue weighted by Crippen LogP contribution is -2.34. The summed E-state index contributed by atoms with van der Waals surface area (Å²) in [6, 6.07) is 19.9. The standard InChI is InChI=1S/C27H28BrN3O3S/c1-5-34-23-15-10-19(28)16-22(23)25(33)31-26(35)30-21-13-11-20(12-14-21)29-24(32)17-6-8-18(9-7-17)27(2,3)4/h6-16H,5H2,1-4H3,(H,29,32)(H2,30,31,33,35). The molecule has 0 aliphatic carbocycles. The third-order valence-electron chi connectivity index (χ3n) is 5.13. The summed E-state index contributed by atoms with van der Waals surface area (Å²) in [5.74, 6) is -0.0918. The van der Waals surface area contributed by atoms with Crippen molar-refractivity contribution in [3.63, 3.8) is 0 Å². The van der Waals surface area contributed by atoms with E-state index in [4.69, 9.17) is 17.0 Å². The van der Waals surface area contributed by atoms with Gasteiger partial charge in [-0.3, -0.25) is 14.9 Å². The van der Waals surface area contributed by atoms with E-state index in [0.29, 0.717) is 34.9 Å². The molecule has 0 fully saturated rings. The van der Waals surface area contributed by atoms with Crippen LogP contribution < -0.4 is 20.7 Å². The van der Waals surface area contributed by atoms with Gasteiger partial charge in [-0.25, -0.2) is 0 Å². The summed E-state index contributed by atoms with van der Waals surface area (Å²) in [5.41, 5.74) is 3.47. The monoisotopic (exact) mass is 553 g/mol. The van der Waals surface area contributed by atoms with E-state index < -0.39 is 0 Å². The first-order chi connectivity index (χ1) is 16.6. The van der Waals surface area contributed by atoms with E-state index in [1.807, 2.05) is 31.2 Å². The lowest BCUT2D eigenvalue weighted by atomic mass is 9.87. The number of ether oxygens (including phenoxy) is 1. The highest BCUT2D eigenvalue weighted by atomic mass is 79.9. The highest BCUT2D eigenvalue weighted by Crippen LogP contribution is 2.24. The first-order valence-corrected chi connectivity index (χ1v) is 12.3. The Morgan fingerprint density at radius 3 is 2.06 bits per heavy atom. The molecular weight excluding hydrogens is 526 g/mol. The van der Waals surface area contributed by atoms with Crippen molar-refractivity contribution < 1.29 is 14.3 Å². The number of halogens is 1. The van der Waals surface area contributed by atoms with Gasteiger partial charge in [0.2, 0.25) is 0 Å². The molecule has 0 aliphatic rings. The number of benzene rings is 3. The first-order valence-electron chi connectivity index (χ1n) is 11.1. The maximum absolute atomic E-state index is 12.7. The molecule has 0 saturated heterocycles. The van der Waals surface area contributed by atoms with Gasteiger partial charge in [0.15, 0.2) is 5.11 Å². The van der Waals surface area contributed by atoms with E-state index in [9.17, 15) is 9.59 Å². The Morgan fingerprint density at radius 2 is 1.49 bits per heavy atom. The number of hydrogen-bond acceptors (Lipinski definition) is 4. The molecule has 8 heteroatoms. The zero-order valence-electron chi connectivity index (χ0n) is 20.1. The third-order valence-corrected chi connectivity index (χ3v) is 5.82. The van der Waals surface area contributed by atoms with Gasteiger partial charge >= 0.3 is 0 Å². The summed E-state index contributed by atoms with van der Waals surface area (Å²) in [7, 11) is 0. The van der Waals surface area contributed by atoms with Crippen LogP contribution in [0.2, 0.25) is 0 Å². The molecule has 3 aromatic rings. The van der Waals surface area contributed by atoms with Crippen LogP contribution in [-0.4, -0.2) is 23.5 Å². The SMILES string of the molecule is CCOc1ccc(Br)cc1C(=O)NC(=S)Nc1ccc(NC(=O)c2ccc(C(C)(C)C)cc2)cc1. The normalized spacial score (nSPS) is 10.9. The van der Waals surface area contributed by atoms with Crippen LogP contribution in [0.5, 0.6) is 5.75 Å². The fourth-order valence-corrected chi connectivity index (χ4v) is 3.83. The van der Waals surface area contributed by atoms with E-state index in [1.54, 1.807) is 42.5 Å². The van der Waals surface area contributed by atoms with E-state index in [2.05, 4.69) is 52.7 Å². The van der Waals surface area contributed by atoms with Gasteiger partial charge in [-0.15, -0.1) is 0 Å². The van der Waals surface area contributed by atoms with E-state index >= 15 is 0 Å². The van der Waals surface area contributed by atoms with Crippen LogP contribution in [0.25, 0.3) is 0 Å². The highest BCUT2D eigenvalue weighted by Gasteiger charge is 2.16. The predicted molar refractivity (Wildman–Crippen MR) is 149 cm³/mol. The van der Waals surface area contributed by atoms with Crippen LogP contribution in [0.1, 0.15) is 54.0 Å². The molecule has 35 heavy (non-hydrogen) atoms. The average Bonchev–Trinajstić information content (AvgIpc) is 2.81. The third kappa shape index (κ3) is 7.37. The summed E-state index contributed by atoms with van der Waals surface area (Å²) in [6.07, 6.45) is 0. The molecule has 2 amide bonds. The zero-order chi connectivity index (χ0) is 25.6. The van der Waals surface area contributed by atoms with Crippen molar-refractivity contribution in [2.75, 3.05) is 17.2 Å². The van der Waals surface area contributed by atoms with Gasteiger partial charge < -0.3 is 15.4 Å². The van der Waals surface area contributed by atoms with Gasteiger partial charge in [-0.2, -0.15) is 0 Å². The molecule has 0 saturated carbocycles. The molecule has 3 aromatic carbocycles. The van der Waals surface area contributed by atoms with E-state index in [0.717, 1.165) is 4.47 Å². The fraction of sp³-hybridized carbons (Fsp3) is 0.222. The number of anilines is 2. The quantitative estimate of drug-likeness (QED) is 0.302. The second-order valence-electron chi connectivity index (χ2n) is 8.84. The summed E-state index contributed by atoms with van der Waals surface area (Å²) in [6.45, 7) is 8.69. The van der Waals surface area contributed by atoms with Crippen molar-refractivity contribution in [1.29, 1.82) is 0 Å². The number of carbonyl (C=O) groups excluding carboxylic acids is 2. The zero-order valence-corrected chi connectivity index (χ0v) is 22.5. The van der Waals surface area contributed by atoms with Gasteiger partial charge in [0.05, 0.1) is 12.2 Å². The van der Waals surface area contributed by atoms with E-state index in [1.165, 1.54) is 5.56 Å². The molecule has 0 unspecified atom stereocenters. The molecular formula is C27H28BrN3O3S. The topological polar surface area (TPSA) is 79.5 Å². The Bertz CT molecular complexity index is 1220. The maximum Gasteiger partial charge on any atom is 0.261 e. The molecule has 0 radical (unpaired) electrons. The molecule has 0 aliphatic heterocycles. The molecule has 6 nitrogen and oxygen atoms in total. The van der Waals surface area contributed by atoms with Crippen molar-refractivity contribution in [3.8, 4) is 5.75 Å². The van der Waals surface area contributed by atoms with Crippen molar-refractivity contribution in [1.82, 2.24) is 5.32 Å². The Hall–Kier alpha value is -3.23. The molecule has 3 rings (SSSR count). The lowest BCUT2D eigenvalue weighted by molar-refractivity contribution is 0.0972. The molecule has 0 aromatic heterocycles. The number of thiocarbonyl (C=S) groups is 1. The highest BCUT2D eigenvalue weighted by molar-refractivity contribution is 9.10. The van der Waals surface area contributed by atoms with E-state index in [-0.39, 0.29) is 22.3 Å². The molecule has 182 valence electrons. The second-order valence-corrected chi connectivity index (χ2v) is 10.2. The Labute approximate surface area is 219 Å². The number of amides is 2. The molecule has 0 spiro atoms. The minimum atomic E-state index is -0.381. The maximum atomic E-state index is 12.7. The summed E-state index contributed by atoms with van der Waals surface area (Å²) >= 11 is 8.66. The lowest BCUT2D eigenvalue weighted by Gasteiger charge is -2.19. The summed E-state index contributed by atoms with van der Waals surface area (Å²) in [5, 5.41) is 8.67. The minimum Gasteiger partial charge on any atom is -0.493 e. The van der Waals surface area contributed by atoms with Gasteiger partial charge in [-0.1, -0.05) is 48.8 Å². The van der Waals surface area contributed by atoms with Crippen LogP contribution in [0.3, 0.4) is 0 Å². The minimum absolute atomic E-state index is 0.0292. The Morgan fingerprint density at radius 1 is 0.886 bits per heavy atom. The van der Waals surface area contributed by atoms with Crippen molar-refractivity contribution in [2.24, 2.45) is 0 Å². The average molecular weight is 555 g/mol. The molecule has 0 bridgehead atoms. The summed E-state index contributed by atoms with van der Waals surface area (Å²) < 4.78 is 6.29. The van der Waals surface area contributed by atoms with Crippen molar-refractivity contribution in [2.45, 2.75) is 33.1 Å². The van der Waals surface area contributed by atoms with Gasteiger partial charge in [0.25, 0.3) is 11.8 Å². The van der Waals surface area contributed by atoms with Crippen LogP contribution in [-0.2, 0) is 5.41 Å². The Balaban J connectivity index is 1.58. The fourth-order valence-electron chi connectivity index (χ4n) is 3.26. The Kier molecular flexibility index (Phi) is 8.64. The second kappa shape index (κ2) is 11.5. The van der Waals surface area contributed by atoms with Gasteiger partial charge in [-0.05, 0) is 84.7 Å². The van der Waals surface area contributed by atoms with Gasteiger partial charge in [0, 0.05) is 21.4 Å². The van der Waals surface area contributed by atoms with Crippen molar-refractivity contribution >= 4 is 56.4 Å². The summed E-state index contributed by atoms with van der Waals surface area (Å²) in [4.78, 5) is 25.3. The first kappa shape index (κ1) is 26.4. The number of carbonyl (C=O) groups is 2. The number of nitrogens with one attached hydrogen (secondary N) is 3. The van der Waals surface area contributed by atoms with Crippen LogP contribution in [0.15, 0.2) is 71.2 Å². The van der Waals surface area contributed by atoms with Crippen LogP contribution in [0.4, 0.5) is 11.4 Å². The molecule has 0 heterocycles. The number of rotatable bonds is 6. The van der Waals surface area contributed by atoms with Gasteiger partial charge in [0.1, 0.15) is 5.75 Å². The molecule has 0 atom stereocenters. The number of hydrogen-bond donors (Lipinski definition) is 3. The van der Waals surface area contributed by atoms with Crippen LogP contribution in [0, 0.1) is 0 Å². The van der Waals surface area contributed by atoms with Crippen LogP contribution >= 0.6 is 28.1 Å². The van der Waals surface area contributed by atoms with Crippen molar-refractivity contribution in [3.05, 3.63) is 87.9 Å².